The average Bonchev–Trinajstić information content (AvgIpc) is 2.20. The van der Waals surface area contributed by atoms with E-state index in [1.54, 1.807) is 13.0 Å². The molecule has 0 aromatic heterocycles. The van der Waals surface area contributed by atoms with Gasteiger partial charge in [-0.15, -0.1) is 0 Å². The second-order valence-corrected chi connectivity index (χ2v) is 3.42. The lowest BCUT2D eigenvalue weighted by Gasteiger charge is -2.01. The molecule has 0 aliphatic heterocycles. The summed E-state index contributed by atoms with van der Waals surface area (Å²) >= 11 is 0. The molecule has 0 unspecified atom stereocenters. The second kappa shape index (κ2) is 5.61. The molecule has 3 heteroatoms. The van der Waals surface area contributed by atoms with Crippen molar-refractivity contribution in [2.45, 2.75) is 13.3 Å². The van der Waals surface area contributed by atoms with E-state index in [0.717, 1.165) is 19.0 Å². The van der Waals surface area contributed by atoms with Crippen molar-refractivity contribution >= 4 is 6.08 Å². The molecule has 0 radical (unpaired) electrons. The molecule has 0 aliphatic rings. The van der Waals surface area contributed by atoms with E-state index >= 15 is 0 Å². The Bertz CT molecular complexity index is 359. The van der Waals surface area contributed by atoms with Gasteiger partial charge in [0.2, 0.25) is 0 Å². The van der Waals surface area contributed by atoms with E-state index in [1.807, 2.05) is 13.1 Å². The van der Waals surface area contributed by atoms with Gasteiger partial charge in [-0.05, 0) is 38.6 Å². The Morgan fingerprint density at radius 1 is 1.27 bits per heavy atom. The van der Waals surface area contributed by atoms with E-state index in [2.05, 4.69) is 5.32 Å². The van der Waals surface area contributed by atoms with E-state index in [0.29, 0.717) is 11.1 Å². The number of nitrogens with one attached hydrogen (secondary N) is 1. The minimum absolute atomic E-state index is 0.435. The van der Waals surface area contributed by atoms with E-state index in [4.69, 9.17) is 0 Å². The lowest BCUT2D eigenvalue weighted by atomic mass is 10.1. The van der Waals surface area contributed by atoms with E-state index < -0.39 is 11.6 Å². The van der Waals surface area contributed by atoms with Crippen molar-refractivity contribution in [3.8, 4) is 0 Å². The molecule has 1 aromatic carbocycles. The minimum atomic E-state index is -0.515. The fraction of sp³-hybridized carbons (Fsp3) is 0.333. The molecule has 0 saturated heterocycles. The van der Waals surface area contributed by atoms with Crippen LogP contribution in [0.4, 0.5) is 8.78 Å². The number of hydrogen-bond acceptors (Lipinski definition) is 1. The molecular formula is C12H15F2N. The maximum atomic E-state index is 13.2. The van der Waals surface area contributed by atoms with Crippen LogP contribution in [0.5, 0.6) is 0 Å². The van der Waals surface area contributed by atoms with Gasteiger partial charge < -0.3 is 5.32 Å². The summed E-state index contributed by atoms with van der Waals surface area (Å²) in [5.41, 5.74) is 0.898. The molecule has 1 N–H and O–H groups in total. The van der Waals surface area contributed by atoms with Crippen molar-refractivity contribution in [1.82, 2.24) is 5.32 Å². The maximum Gasteiger partial charge on any atom is 0.133 e. The Labute approximate surface area is 88.8 Å². The van der Waals surface area contributed by atoms with Crippen molar-refractivity contribution in [3.05, 3.63) is 41.0 Å². The van der Waals surface area contributed by atoms with Crippen molar-refractivity contribution in [3.63, 3.8) is 0 Å². The van der Waals surface area contributed by atoms with Crippen LogP contribution in [0.2, 0.25) is 0 Å². The number of halogens is 2. The first-order chi connectivity index (χ1) is 7.15. The Morgan fingerprint density at radius 2 is 2.00 bits per heavy atom. The van der Waals surface area contributed by atoms with Gasteiger partial charge in [-0.1, -0.05) is 12.2 Å². The predicted molar refractivity (Wildman–Crippen MR) is 58.7 cm³/mol. The SMILES string of the molecule is CNCCC=Cc1cc(C)c(F)cc1F. The Morgan fingerprint density at radius 3 is 2.67 bits per heavy atom. The minimum Gasteiger partial charge on any atom is -0.319 e. The molecule has 0 spiro atoms. The highest BCUT2D eigenvalue weighted by Gasteiger charge is 2.03. The van der Waals surface area contributed by atoms with E-state index in [9.17, 15) is 8.78 Å². The van der Waals surface area contributed by atoms with Crippen LogP contribution in [0, 0.1) is 18.6 Å². The van der Waals surface area contributed by atoms with Crippen LogP contribution in [0.25, 0.3) is 6.08 Å². The Balaban J connectivity index is 2.77. The van der Waals surface area contributed by atoms with Gasteiger partial charge in [0.05, 0.1) is 0 Å². The summed E-state index contributed by atoms with van der Waals surface area (Å²) < 4.78 is 26.2. The Kier molecular flexibility index (Phi) is 4.43. The third kappa shape index (κ3) is 3.44. The molecule has 0 amide bonds. The third-order valence-electron chi connectivity index (χ3n) is 2.14. The van der Waals surface area contributed by atoms with Crippen molar-refractivity contribution in [2.24, 2.45) is 0 Å². The quantitative estimate of drug-likeness (QED) is 0.755. The highest BCUT2D eigenvalue weighted by Crippen LogP contribution is 2.15. The summed E-state index contributed by atoms with van der Waals surface area (Å²) in [5, 5.41) is 2.98. The molecule has 0 fully saturated rings. The molecule has 82 valence electrons. The molecule has 15 heavy (non-hydrogen) atoms. The summed E-state index contributed by atoms with van der Waals surface area (Å²) in [6.45, 7) is 2.47. The highest BCUT2D eigenvalue weighted by molar-refractivity contribution is 5.51. The van der Waals surface area contributed by atoms with Gasteiger partial charge >= 0.3 is 0 Å². The van der Waals surface area contributed by atoms with E-state index in [-0.39, 0.29) is 0 Å². The fourth-order valence-corrected chi connectivity index (χ4v) is 1.25. The largest absolute Gasteiger partial charge is 0.319 e. The molecule has 0 heterocycles. The highest BCUT2D eigenvalue weighted by atomic mass is 19.1. The zero-order chi connectivity index (χ0) is 11.3. The molecule has 1 nitrogen and oxygen atoms in total. The molecule has 0 atom stereocenters. The number of hydrogen-bond donors (Lipinski definition) is 1. The van der Waals surface area contributed by atoms with Gasteiger partial charge in [0.25, 0.3) is 0 Å². The van der Waals surface area contributed by atoms with Crippen LogP contribution in [0.15, 0.2) is 18.2 Å². The predicted octanol–water partition coefficient (Wildman–Crippen LogP) is 2.90. The van der Waals surface area contributed by atoms with Crippen molar-refractivity contribution in [1.29, 1.82) is 0 Å². The topological polar surface area (TPSA) is 12.0 Å². The number of benzene rings is 1. The molecular weight excluding hydrogens is 196 g/mol. The van der Waals surface area contributed by atoms with Gasteiger partial charge in [-0.25, -0.2) is 8.78 Å². The smallest absolute Gasteiger partial charge is 0.133 e. The van der Waals surface area contributed by atoms with Crippen LogP contribution in [-0.4, -0.2) is 13.6 Å². The summed E-state index contributed by atoms with van der Waals surface area (Å²) in [4.78, 5) is 0. The maximum absolute atomic E-state index is 13.2. The third-order valence-corrected chi connectivity index (χ3v) is 2.14. The zero-order valence-corrected chi connectivity index (χ0v) is 8.98. The van der Waals surface area contributed by atoms with Crippen LogP contribution < -0.4 is 5.32 Å². The van der Waals surface area contributed by atoms with Crippen molar-refractivity contribution in [2.75, 3.05) is 13.6 Å². The average molecular weight is 211 g/mol. The Hall–Kier alpha value is -1.22. The first-order valence-corrected chi connectivity index (χ1v) is 4.92. The van der Waals surface area contributed by atoms with Crippen LogP contribution >= 0.6 is 0 Å². The van der Waals surface area contributed by atoms with Crippen molar-refractivity contribution < 1.29 is 8.78 Å². The van der Waals surface area contributed by atoms with Gasteiger partial charge in [-0.3, -0.25) is 0 Å². The normalized spacial score (nSPS) is 11.2. The van der Waals surface area contributed by atoms with Crippen LogP contribution in [0.3, 0.4) is 0 Å². The zero-order valence-electron chi connectivity index (χ0n) is 8.98. The summed E-state index contributed by atoms with van der Waals surface area (Å²) in [6.07, 6.45) is 4.37. The fourth-order valence-electron chi connectivity index (χ4n) is 1.25. The molecule has 1 rings (SSSR count). The van der Waals surface area contributed by atoms with Crippen LogP contribution in [0.1, 0.15) is 17.5 Å². The monoisotopic (exact) mass is 211 g/mol. The van der Waals surface area contributed by atoms with Gasteiger partial charge in [-0.2, -0.15) is 0 Å². The number of rotatable bonds is 4. The first kappa shape index (κ1) is 11.9. The molecule has 0 bridgehead atoms. The first-order valence-electron chi connectivity index (χ1n) is 4.92. The van der Waals surface area contributed by atoms with Gasteiger partial charge in [0, 0.05) is 11.6 Å². The van der Waals surface area contributed by atoms with Gasteiger partial charge in [0.1, 0.15) is 11.6 Å². The molecule has 0 aliphatic carbocycles. The lowest BCUT2D eigenvalue weighted by molar-refractivity contribution is 0.576. The second-order valence-electron chi connectivity index (χ2n) is 3.42. The summed E-state index contributed by atoms with van der Waals surface area (Å²) in [6, 6.07) is 2.44. The van der Waals surface area contributed by atoms with E-state index in [1.165, 1.54) is 6.07 Å². The summed E-state index contributed by atoms with van der Waals surface area (Å²) in [7, 11) is 1.86. The van der Waals surface area contributed by atoms with Gasteiger partial charge in [0.15, 0.2) is 0 Å². The standard InChI is InChI=1S/C12H15F2N/c1-9-7-10(5-3-4-6-15-2)12(14)8-11(9)13/h3,5,7-8,15H,4,6H2,1-2H3. The molecule has 1 aromatic rings. The summed E-state index contributed by atoms with van der Waals surface area (Å²) in [5.74, 6) is -1.02. The lowest BCUT2D eigenvalue weighted by Crippen LogP contribution is -2.05. The molecule has 0 saturated carbocycles. The number of aryl methyl sites for hydroxylation is 1. The van der Waals surface area contributed by atoms with Crippen LogP contribution in [-0.2, 0) is 0 Å².